The van der Waals surface area contributed by atoms with E-state index in [-0.39, 0.29) is 5.75 Å². The van der Waals surface area contributed by atoms with Crippen molar-refractivity contribution in [3.8, 4) is 16.9 Å². The molecule has 2 aromatic rings. The van der Waals surface area contributed by atoms with Crippen LogP contribution in [0.3, 0.4) is 0 Å². The van der Waals surface area contributed by atoms with Crippen LogP contribution in [0.1, 0.15) is 20.8 Å². The number of halogens is 1. The van der Waals surface area contributed by atoms with E-state index in [1.54, 1.807) is 30.5 Å². The molecule has 170 valence electrons. The zero-order valence-corrected chi connectivity index (χ0v) is 19.2. The van der Waals surface area contributed by atoms with Crippen LogP contribution in [0.4, 0.5) is 0 Å². The van der Waals surface area contributed by atoms with E-state index >= 15 is 0 Å². The fourth-order valence-corrected chi connectivity index (χ4v) is 4.73. The van der Waals surface area contributed by atoms with E-state index in [9.17, 15) is 14.4 Å². The van der Waals surface area contributed by atoms with E-state index in [1.807, 2.05) is 12.1 Å². The number of rotatable bonds is 6. The highest BCUT2D eigenvalue weighted by Crippen LogP contribution is 2.35. The maximum absolute atomic E-state index is 11.8. The Labute approximate surface area is 194 Å². The summed E-state index contributed by atoms with van der Waals surface area (Å²) in [7, 11) is 0. The van der Waals surface area contributed by atoms with Gasteiger partial charge in [-0.2, -0.15) is 0 Å². The monoisotopic (exact) mass is 479 g/mol. The Morgan fingerprint density at radius 3 is 2.31 bits per heavy atom. The van der Waals surface area contributed by atoms with Gasteiger partial charge in [0.25, 0.3) is 0 Å². The quantitative estimate of drug-likeness (QED) is 0.349. The number of pyridine rings is 1. The van der Waals surface area contributed by atoms with E-state index < -0.39 is 41.7 Å². The van der Waals surface area contributed by atoms with Crippen molar-refractivity contribution in [3.63, 3.8) is 0 Å². The number of nitrogens with zero attached hydrogens (tertiary/aromatic N) is 1. The van der Waals surface area contributed by atoms with Gasteiger partial charge in [0.15, 0.2) is 23.7 Å². The third-order valence-corrected chi connectivity index (χ3v) is 5.98. The van der Waals surface area contributed by atoms with Crippen molar-refractivity contribution in [2.24, 2.45) is 0 Å². The van der Waals surface area contributed by atoms with Crippen LogP contribution in [-0.4, -0.2) is 52.4 Å². The van der Waals surface area contributed by atoms with Gasteiger partial charge in [-0.05, 0) is 29.8 Å². The molecule has 0 radical (unpaired) electrons. The highest BCUT2D eigenvalue weighted by molar-refractivity contribution is 7.99. The van der Waals surface area contributed by atoms with Gasteiger partial charge in [-0.25, -0.2) is 4.98 Å². The standard InChI is InChI=1S/C22H22ClNO7S/c1-12(25)28-18-11-32-22(20(30-14(3)27)19(18)29-13(2)26)31-16-7-4-6-15(10-16)17-8-5-9-24-21(17)23/h4-10,18-20,22H,11H2,1-3H3/t18-,19+,20-,22+/m1/s1. The van der Waals surface area contributed by atoms with Crippen molar-refractivity contribution in [1.82, 2.24) is 4.98 Å². The molecule has 3 rings (SSSR count). The lowest BCUT2D eigenvalue weighted by Crippen LogP contribution is -2.55. The Hall–Kier alpha value is -2.78. The predicted octanol–water partition coefficient (Wildman–Crippen LogP) is 3.65. The number of benzene rings is 1. The first-order valence-corrected chi connectivity index (χ1v) is 11.2. The highest BCUT2D eigenvalue weighted by Gasteiger charge is 2.47. The number of carbonyl (C=O) groups excluding carboxylic acids is 3. The van der Waals surface area contributed by atoms with Crippen molar-refractivity contribution in [2.75, 3.05) is 5.75 Å². The first-order valence-electron chi connectivity index (χ1n) is 9.75. The summed E-state index contributed by atoms with van der Waals surface area (Å²) in [5, 5.41) is 0.355. The molecule has 4 atom stereocenters. The molecule has 1 saturated heterocycles. The molecule has 0 aliphatic carbocycles. The molecule has 0 bridgehead atoms. The van der Waals surface area contributed by atoms with Crippen molar-refractivity contribution in [3.05, 3.63) is 47.7 Å². The second kappa shape index (κ2) is 10.7. The molecule has 10 heteroatoms. The van der Waals surface area contributed by atoms with Crippen LogP contribution in [0.25, 0.3) is 11.1 Å². The molecule has 1 aromatic carbocycles. The Morgan fingerprint density at radius 2 is 1.66 bits per heavy atom. The molecule has 8 nitrogen and oxygen atoms in total. The summed E-state index contributed by atoms with van der Waals surface area (Å²) in [4.78, 5) is 39.1. The fraction of sp³-hybridized carbons (Fsp3) is 0.364. The zero-order valence-electron chi connectivity index (χ0n) is 17.6. The number of hydrogen-bond donors (Lipinski definition) is 0. The van der Waals surface area contributed by atoms with Crippen molar-refractivity contribution in [1.29, 1.82) is 0 Å². The second-order valence-electron chi connectivity index (χ2n) is 6.99. The molecular formula is C22H22ClNO7S. The van der Waals surface area contributed by atoms with Crippen LogP contribution in [0.2, 0.25) is 5.15 Å². The number of esters is 3. The van der Waals surface area contributed by atoms with Crippen molar-refractivity contribution < 1.29 is 33.3 Å². The highest BCUT2D eigenvalue weighted by atomic mass is 35.5. The molecule has 0 saturated carbocycles. The average Bonchev–Trinajstić information content (AvgIpc) is 2.72. The molecule has 2 heterocycles. The van der Waals surface area contributed by atoms with Crippen LogP contribution in [0, 0.1) is 0 Å². The van der Waals surface area contributed by atoms with Gasteiger partial charge < -0.3 is 18.9 Å². The molecule has 32 heavy (non-hydrogen) atoms. The van der Waals surface area contributed by atoms with Crippen LogP contribution < -0.4 is 4.74 Å². The summed E-state index contributed by atoms with van der Waals surface area (Å²) in [5.74, 6) is -0.933. The molecular weight excluding hydrogens is 458 g/mol. The number of hydrogen-bond acceptors (Lipinski definition) is 9. The van der Waals surface area contributed by atoms with Gasteiger partial charge >= 0.3 is 17.9 Å². The average molecular weight is 480 g/mol. The molecule has 0 amide bonds. The van der Waals surface area contributed by atoms with E-state index in [0.29, 0.717) is 10.9 Å². The number of carbonyl (C=O) groups is 3. The Kier molecular flexibility index (Phi) is 7.98. The number of ether oxygens (including phenoxy) is 4. The second-order valence-corrected chi connectivity index (χ2v) is 8.47. The van der Waals surface area contributed by atoms with Crippen molar-refractivity contribution >= 4 is 41.3 Å². The van der Waals surface area contributed by atoms with Crippen LogP contribution >= 0.6 is 23.4 Å². The van der Waals surface area contributed by atoms with Gasteiger partial charge in [0.05, 0.1) is 0 Å². The summed E-state index contributed by atoms with van der Waals surface area (Å²) >= 11 is 7.49. The van der Waals surface area contributed by atoms with E-state index in [4.69, 9.17) is 30.5 Å². The smallest absolute Gasteiger partial charge is 0.303 e. The van der Waals surface area contributed by atoms with Gasteiger partial charge in [-0.3, -0.25) is 14.4 Å². The molecule has 0 N–H and O–H groups in total. The molecule has 1 fully saturated rings. The van der Waals surface area contributed by atoms with E-state index in [0.717, 1.165) is 11.1 Å². The minimum absolute atomic E-state index is 0.286. The minimum atomic E-state index is -1.01. The minimum Gasteiger partial charge on any atom is -0.476 e. The SMILES string of the molecule is CC(=O)O[C@@H]1[C@@H](OC(C)=O)[C@@H](Oc2cccc(-c3cccnc3Cl)c2)SC[C@H]1OC(C)=O. The van der Waals surface area contributed by atoms with E-state index in [2.05, 4.69) is 4.98 Å². The van der Waals surface area contributed by atoms with Gasteiger partial charge in [-0.15, -0.1) is 11.8 Å². The topological polar surface area (TPSA) is 101 Å². The Bertz CT molecular complexity index is 1000. The fourth-order valence-electron chi connectivity index (χ4n) is 3.28. The maximum atomic E-state index is 11.8. The predicted molar refractivity (Wildman–Crippen MR) is 118 cm³/mol. The molecule has 0 spiro atoms. The summed E-state index contributed by atoms with van der Waals surface area (Å²) in [6.07, 6.45) is -1.19. The maximum Gasteiger partial charge on any atom is 0.303 e. The lowest BCUT2D eigenvalue weighted by atomic mass is 10.1. The molecule has 0 unspecified atom stereocenters. The first-order chi connectivity index (χ1) is 15.2. The third-order valence-electron chi connectivity index (χ3n) is 4.46. The third kappa shape index (κ3) is 6.14. The number of aromatic nitrogens is 1. The van der Waals surface area contributed by atoms with Crippen LogP contribution in [-0.2, 0) is 28.6 Å². The van der Waals surface area contributed by atoms with E-state index in [1.165, 1.54) is 32.5 Å². The lowest BCUT2D eigenvalue weighted by molar-refractivity contribution is -0.186. The Morgan fingerprint density at radius 1 is 0.969 bits per heavy atom. The molecule has 1 aliphatic rings. The number of thioether (sulfide) groups is 1. The summed E-state index contributed by atoms with van der Waals surface area (Å²) < 4.78 is 22.3. The van der Waals surface area contributed by atoms with Crippen LogP contribution in [0.5, 0.6) is 5.75 Å². The van der Waals surface area contributed by atoms with Gasteiger partial charge in [0, 0.05) is 38.3 Å². The summed E-state index contributed by atoms with van der Waals surface area (Å²) in [6, 6.07) is 10.8. The van der Waals surface area contributed by atoms with Gasteiger partial charge in [0.2, 0.25) is 0 Å². The lowest BCUT2D eigenvalue weighted by Gasteiger charge is -2.39. The molecule has 1 aliphatic heterocycles. The largest absolute Gasteiger partial charge is 0.476 e. The molecule has 1 aromatic heterocycles. The Balaban J connectivity index is 1.88. The normalized spacial score (nSPS) is 22.5. The zero-order chi connectivity index (χ0) is 23.3. The first kappa shape index (κ1) is 23.9. The van der Waals surface area contributed by atoms with Gasteiger partial charge in [-0.1, -0.05) is 23.7 Å². The summed E-state index contributed by atoms with van der Waals surface area (Å²) in [5.41, 5.74) is 0.814. The van der Waals surface area contributed by atoms with Crippen molar-refractivity contribution in [2.45, 2.75) is 44.5 Å². The van der Waals surface area contributed by atoms with Crippen LogP contribution in [0.15, 0.2) is 42.6 Å². The van der Waals surface area contributed by atoms with Gasteiger partial charge in [0.1, 0.15) is 10.9 Å². The summed E-state index contributed by atoms with van der Waals surface area (Å²) in [6.45, 7) is 3.73.